The fourth-order valence-corrected chi connectivity index (χ4v) is 1.36. The normalized spacial score (nSPS) is 10.2. The van der Waals surface area contributed by atoms with Crippen molar-refractivity contribution in [3.63, 3.8) is 0 Å². The predicted octanol–water partition coefficient (Wildman–Crippen LogP) is 1.53. The Kier molecular flexibility index (Phi) is 4.68. The fourth-order valence-electron chi connectivity index (χ4n) is 1.36. The summed E-state index contributed by atoms with van der Waals surface area (Å²) in [7, 11) is 0. The van der Waals surface area contributed by atoms with Crippen molar-refractivity contribution in [2.45, 2.75) is 19.9 Å². The van der Waals surface area contributed by atoms with E-state index in [1.54, 1.807) is 6.92 Å². The smallest absolute Gasteiger partial charge is 0.357 e. The van der Waals surface area contributed by atoms with Gasteiger partial charge >= 0.3 is 5.97 Å². The molecule has 18 heavy (non-hydrogen) atoms. The fraction of sp³-hybridized carbons (Fsp3) is 0.364. The van der Waals surface area contributed by atoms with E-state index in [0.717, 1.165) is 6.07 Å². The number of halogens is 2. The summed E-state index contributed by atoms with van der Waals surface area (Å²) in [6.45, 7) is 1.56. The molecule has 0 aliphatic heterocycles. The molecule has 1 aromatic heterocycles. The lowest BCUT2D eigenvalue weighted by atomic mass is 10.1. The highest BCUT2D eigenvalue weighted by molar-refractivity contribution is 5.89. The van der Waals surface area contributed by atoms with Gasteiger partial charge in [0.1, 0.15) is 11.8 Å². The van der Waals surface area contributed by atoms with Crippen LogP contribution in [0.3, 0.4) is 0 Å². The molecule has 0 spiro atoms. The first-order valence-corrected chi connectivity index (χ1v) is 5.14. The standard InChI is InChI=1S/C11H11F2N3O2/c1-2-18-11(17)9-6(4-14)3-7(10(12)13)8(5-15)16-9/h3,10H,2,4,14H2,1H3. The van der Waals surface area contributed by atoms with Crippen LogP contribution >= 0.6 is 0 Å². The van der Waals surface area contributed by atoms with E-state index in [2.05, 4.69) is 4.98 Å². The number of ether oxygens (including phenoxy) is 1. The zero-order valence-electron chi connectivity index (χ0n) is 9.61. The third-order valence-corrected chi connectivity index (χ3v) is 2.16. The van der Waals surface area contributed by atoms with Gasteiger partial charge in [-0.2, -0.15) is 5.26 Å². The van der Waals surface area contributed by atoms with Crippen LogP contribution in [0.1, 0.15) is 40.7 Å². The summed E-state index contributed by atoms with van der Waals surface area (Å²) >= 11 is 0. The quantitative estimate of drug-likeness (QED) is 0.824. The number of carbonyl (C=O) groups excluding carboxylic acids is 1. The van der Waals surface area contributed by atoms with Crippen LogP contribution < -0.4 is 5.73 Å². The molecule has 0 saturated carbocycles. The van der Waals surface area contributed by atoms with Crippen LogP contribution in [0.2, 0.25) is 0 Å². The van der Waals surface area contributed by atoms with Gasteiger partial charge in [0, 0.05) is 6.54 Å². The number of hydrogen-bond donors (Lipinski definition) is 1. The van der Waals surface area contributed by atoms with Crippen LogP contribution in [-0.4, -0.2) is 17.6 Å². The maximum Gasteiger partial charge on any atom is 0.357 e. The molecule has 0 amide bonds. The molecule has 7 heteroatoms. The van der Waals surface area contributed by atoms with Crippen LogP contribution in [0.25, 0.3) is 0 Å². The van der Waals surface area contributed by atoms with Crippen LogP contribution in [-0.2, 0) is 11.3 Å². The maximum absolute atomic E-state index is 12.7. The minimum absolute atomic E-state index is 0.114. The first-order valence-electron chi connectivity index (χ1n) is 5.14. The molecule has 0 atom stereocenters. The topological polar surface area (TPSA) is 89.0 Å². The average Bonchev–Trinajstić information content (AvgIpc) is 2.37. The molecule has 5 nitrogen and oxygen atoms in total. The molecular weight excluding hydrogens is 244 g/mol. The Morgan fingerprint density at radius 3 is 2.78 bits per heavy atom. The first-order chi connectivity index (χ1) is 8.54. The minimum Gasteiger partial charge on any atom is -0.461 e. The molecule has 2 N–H and O–H groups in total. The summed E-state index contributed by atoms with van der Waals surface area (Å²) in [6, 6.07) is 2.54. The van der Waals surface area contributed by atoms with Crippen molar-refractivity contribution >= 4 is 5.97 Å². The van der Waals surface area contributed by atoms with E-state index in [9.17, 15) is 13.6 Å². The lowest BCUT2D eigenvalue weighted by Crippen LogP contribution is -2.15. The molecular formula is C11H11F2N3O2. The minimum atomic E-state index is -2.85. The number of carbonyl (C=O) groups is 1. The van der Waals surface area contributed by atoms with Gasteiger partial charge in [0.05, 0.1) is 12.2 Å². The van der Waals surface area contributed by atoms with Crippen molar-refractivity contribution in [3.05, 3.63) is 28.6 Å². The largest absolute Gasteiger partial charge is 0.461 e. The molecule has 0 unspecified atom stereocenters. The Morgan fingerprint density at radius 1 is 1.67 bits per heavy atom. The van der Waals surface area contributed by atoms with E-state index >= 15 is 0 Å². The zero-order chi connectivity index (χ0) is 13.7. The number of pyridine rings is 1. The summed E-state index contributed by atoms with van der Waals surface area (Å²) in [5.41, 5.74) is 4.27. The third-order valence-electron chi connectivity index (χ3n) is 2.16. The second-order valence-corrected chi connectivity index (χ2v) is 3.27. The Labute approximate surface area is 102 Å². The van der Waals surface area contributed by atoms with Crippen molar-refractivity contribution in [1.82, 2.24) is 4.98 Å². The van der Waals surface area contributed by atoms with Crippen LogP contribution in [0, 0.1) is 11.3 Å². The van der Waals surface area contributed by atoms with E-state index in [-0.39, 0.29) is 24.4 Å². The van der Waals surface area contributed by atoms with Gasteiger partial charge in [0.25, 0.3) is 6.43 Å². The Bertz CT molecular complexity index is 498. The van der Waals surface area contributed by atoms with E-state index in [1.165, 1.54) is 6.07 Å². The molecule has 0 fully saturated rings. The number of nitrogens with zero attached hydrogens (tertiary/aromatic N) is 2. The van der Waals surface area contributed by atoms with Crippen LogP contribution in [0.5, 0.6) is 0 Å². The van der Waals surface area contributed by atoms with Crippen molar-refractivity contribution in [2.75, 3.05) is 6.61 Å². The first kappa shape index (κ1) is 14.0. The molecule has 0 bridgehead atoms. The number of esters is 1. The van der Waals surface area contributed by atoms with E-state index < -0.39 is 23.7 Å². The lowest BCUT2D eigenvalue weighted by molar-refractivity contribution is 0.0517. The number of aromatic nitrogens is 1. The van der Waals surface area contributed by atoms with Gasteiger partial charge in [0.2, 0.25) is 0 Å². The number of alkyl halides is 2. The molecule has 0 aliphatic carbocycles. The predicted molar refractivity (Wildman–Crippen MR) is 57.8 cm³/mol. The molecule has 0 saturated heterocycles. The van der Waals surface area contributed by atoms with Crippen LogP contribution in [0.15, 0.2) is 6.07 Å². The molecule has 96 valence electrons. The Morgan fingerprint density at radius 2 is 2.33 bits per heavy atom. The second-order valence-electron chi connectivity index (χ2n) is 3.27. The summed E-state index contributed by atoms with van der Waals surface area (Å²) in [6.07, 6.45) is -2.85. The van der Waals surface area contributed by atoms with E-state index in [4.69, 9.17) is 15.7 Å². The molecule has 1 heterocycles. The van der Waals surface area contributed by atoms with Gasteiger partial charge in [-0.3, -0.25) is 0 Å². The number of hydrogen-bond acceptors (Lipinski definition) is 5. The summed E-state index contributed by atoms with van der Waals surface area (Å²) in [4.78, 5) is 15.1. The van der Waals surface area contributed by atoms with E-state index in [1.807, 2.05) is 0 Å². The van der Waals surface area contributed by atoms with Gasteiger partial charge < -0.3 is 10.5 Å². The second kappa shape index (κ2) is 6.02. The molecule has 0 radical (unpaired) electrons. The zero-order valence-corrected chi connectivity index (χ0v) is 9.61. The SMILES string of the molecule is CCOC(=O)c1nc(C#N)c(C(F)F)cc1CN. The number of nitriles is 1. The third kappa shape index (κ3) is 2.78. The Balaban J connectivity index is 3.36. The maximum atomic E-state index is 12.7. The van der Waals surface area contributed by atoms with Crippen molar-refractivity contribution in [1.29, 1.82) is 5.26 Å². The Hall–Kier alpha value is -2.07. The van der Waals surface area contributed by atoms with Gasteiger partial charge in [-0.25, -0.2) is 18.6 Å². The summed E-state index contributed by atoms with van der Waals surface area (Å²) < 4.78 is 30.0. The number of nitrogens with two attached hydrogens (primary N) is 1. The number of rotatable bonds is 4. The van der Waals surface area contributed by atoms with Crippen molar-refractivity contribution < 1.29 is 18.3 Å². The van der Waals surface area contributed by atoms with E-state index in [0.29, 0.717) is 0 Å². The van der Waals surface area contributed by atoms with Gasteiger partial charge in [-0.1, -0.05) is 0 Å². The summed E-state index contributed by atoms with van der Waals surface area (Å²) in [5, 5.41) is 8.74. The van der Waals surface area contributed by atoms with Gasteiger partial charge in [-0.05, 0) is 18.6 Å². The monoisotopic (exact) mass is 255 g/mol. The van der Waals surface area contributed by atoms with Crippen molar-refractivity contribution in [2.24, 2.45) is 5.73 Å². The average molecular weight is 255 g/mol. The van der Waals surface area contributed by atoms with Crippen molar-refractivity contribution in [3.8, 4) is 6.07 Å². The highest BCUT2D eigenvalue weighted by Gasteiger charge is 2.21. The molecule has 0 aromatic carbocycles. The van der Waals surface area contributed by atoms with Gasteiger partial charge in [-0.15, -0.1) is 0 Å². The highest BCUT2D eigenvalue weighted by atomic mass is 19.3. The molecule has 1 rings (SSSR count). The summed E-state index contributed by atoms with van der Waals surface area (Å²) in [5.74, 6) is -0.782. The van der Waals surface area contributed by atoms with Crippen LogP contribution in [0.4, 0.5) is 8.78 Å². The lowest BCUT2D eigenvalue weighted by Gasteiger charge is -2.10. The highest BCUT2D eigenvalue weighted by Crippen LogP contribution is 2.24. The molecule has 0 aliphatic rings. The molecule has 1 aromatic rings. The van der Waals surface area contributed by atoms with Gasteiger partial charge in [0.15, 0.2) is 5.69 Å².